The van der Waals surface area contributed by atoms with E-state index in [0.29, 0.717) is 0 Å². The molecule has 0 spiro atoms. The van der Waals surface area contributed by atoms with Gasteiger partial charge in [-0.3, -0.25) is 0 Å². The molecule has 21 heavy (non-hydrogen) atoms. The van der Waals surface area contributed by atoms with Gasteiger partial charge in [0.2, 0.25) is 0 Å². The topological polar surface area (TPSA) is 27.7 Å². The van der Waals surface area contributed by atoms with Crippen LogP contribution >= 0.6 is 0 Å². The number of hydrogen-bond acceptors (Lipinski definition) is 3. The summed E-state index contributed by atoms with van der Waals surface area (Å²) < 4.78 is 18.9. The standard InChI is InChI=1S/C14H30N2O3.2HI/c1-15(3-9-17-10-4-15)7-13-19-14-8-16(2)5-11-18-12-6-16;;/h3-14H2,1-2H3;2*1H/q+2;;/p-2. The van der Waals surface area contributed by atoms with Crippen molar-refractivity contribution in [1.29, 1.82) is 0 Å². The number of quaternary nitrogens is 2. The summed E-state index contributed by atoms with van der Waals surface area (Å²) in [4.78, 5) is 0. The van der Waals surface area contributed by atoms with Crippen molar-refractivity contribution in [3.8, 4) is 0 Å². The van der Waals surface area contributed by atoms with Gasteiger partial charge in [-0.05, 0) is 0 Å². The molecule has 128 valence electrons. The Balaban J connectivity index is 0.00000200. The first kappa shape index (κ1) is 22.3. The number of halogens is 2. The van der Waals surface area contributed by atoms with Gasteiger partial charge in [-0.15, -0.1) is 0 Å². The fraction of sp³-hybridized carbons (Fsp3) is 1.00. The average molecular weight is 528 g/mol. The summed E-state index contributed by atoms with van der Waals surface area (Å²) in [6.07, 6.45) is 0. The predicted octanol–water partition coefficient (Wildman–Crippen LogP) is -6.04. The van der Waals surface area contributed by atoms with Crippen molar-refractivity contribution in [2.75, 3.05) is 93.0 Å². The van der Waals surface area contributed by atoms with Gasteiger partial charge in [0, 0.05) is 0 Å². The van der Waals surface area contributed by atoms with E-state index in [0.717, 1.165) is 87.9 Å². The van der Waals surface area contributed by atoms with Crippen molar-refractivity contribution >= 4 is 0 Å². The molecule has 0 saturated carbocycles. The average Bonchev–Trinajstić information content (AvgIpc) is 2.40. The molecular weight excluding hydrogens is 498 g/mol. The monoisotopic (exact) mass is 528 g/mol. The molecule has 0 N–H and O–H groups in total. The third kappa shape index (κ3) is 8.07. The summed E-state index contributed by atoms with van der Waals surface area (Å²) in [5, 5.41) is 0. The molecule has 2 rings (SSSR count). The van der Waals surface area contributed by atoms with E-state index in [1.165, 1.54) is 0 Å². The van der Waals surface area contributed by atoms with E-state index >= 15 is 0 Å². The minimum absolute atomic E-state index is 0. The summed E-state index contributed by atoms with van der Waals surface area (Å²) in [6, 6.07) is 0. The minimum atomic E-state index is 0. The van der Waals surface area contributed by atoms with Crippen LogP contribution in [0, 0.1) is 0 Å². The Morgan fingerprint density at radius 3 is 1.38 bits per heavy atom. The number of likely N-dealkylation sites (N-methyl/N-ethyl adjacent to an activating group) is 2. The molecule has 0 atom stereocenters. The van der Waals surface area contributed by atoms with Crippen molar-refractivity contribution in [3.05, 3.63) is 0 Å². The summed E-state index contributed by atoms with van der Waals surface area (Å²) in [5.41, 5.74) is 0. The largest absolute Gasteiger partial charge is 1.00 e. The van der Waals surface area contributed by atoms with Crippen LogP contribution in [0.3, 0.4) is 0 Å². The van der Waals surface area contributed by atoms with Crippen LogP contribution in [0.25, 0.3) is 0 Å². The molecule has 2 aliphatic heterocycles. The maximum atomic E-state index is 5.86. The highest BCUT2D eigenvalue weighted by molar-refractivity contribution is 4.48. The Kier molecular flexibility index (Phi) is 11.6. The fourth-order valence-electron chi connectivity index (χ4n) is 2.69. The first-order valence-electron chi connectivity index (χ1n) is 7.52. The highest BCUT2D eigenvalue weighted by Gasteiger charge is 2.26. The first-order chi connectivity index (χ1) is 9.12. The Labute approximate surface area is 163 Å². The lowest BCUT2D eigenvalue weighted by Crippen LogP contribution is -3.00. The number of morpholine rings is 2. The maximum absolute atomic E-state index is 5.86. The summed E-state index contributed by atoms with van der Waals surface area (Å²) in [7, 11) is 4.61. The molecule has 5 nitrogen and oxygen atoms in total. The van der Waals surface area contributed by atoms with E-state index < -0.39 is 0 Å². The second-order valence-corrected chi connectivity index (χ2v) is 6.42. The Morgan fingerprint density at radius 1 is 0.714 bits per heavy atom. The number of hydrogen-bond donors (Lipinski definition) is 0. The highest BCUT2D eigenvalue weighted by Crippen LogP contribution is 2.08. The molecule has 2 fully saturated rings. The van der Waals surface area contributed by atoms with Crippen LogP contribution in [0.15, 0.2) is 0 Å². The van der Waals surface area contributed by atoms with Crippen molar-refractivity contribution in [3.63, 3.8) is 0 Å². The number of ether oxygens (including phenoxy) is 3. The molecule has 2 aliphatic rings. The van der Waals surface area contributed by atoms with Crippen LogP contribution in [-0.4, -0.2) is 102 Å². The lowest BCUT2D eigenvalue weighted by atomic mass is 10.3. The van der Waals surface area contributed by atoms with E-state index in [4.69, 9.17) is 14.2 Å². The molecule has 2 saturated heterocycles. The van der Waals surface area contributed by atoms with Crippen molar-refractivity contribution in [2.45, 2.75) is 0 Å². The zero-order valence-corrected chi connectivity index (χ0v) is 17.7. The van der Waals surface area contributed by atoms with E-state index in [-0.39, 0.29) is 48.0 Å². The van der Waals surface area contributed by atoms with Crippen LogP contribution in [0.4, 0.5) is 0 Å². The van der Waals surface area contributed by atoms with E-state index in [1.807, 2.05) is 0 Å². The molecule has 0 unspecified atom stereocenters. The molecule has 0 aromatic heterocycles. The molecular formula is C14H30I2N2O3. The molecule has 0 aliphatic carbocycles. The smallest absolute Gasteiger partial charge is 0.102 e. The zero-order chi connectivity index (χ0) is 13.6. The quantitative estimate of drug-likeness (QED) is 0.196. The second kappa shape index (κ2) is 10.9. The summed E-state index contributed by atoms with van der Waals surface area (Å²) >= 11 is 0. The molecule has 0 aromatic rings. The molecule has 0 aromatic carbocycles. The molecule has 2 heterocycles. The number of nitrogens with zero attached hydrogens (tertiary/aromatic N) is 2. The lowest BCUT2D eigenvalue weighted by Gasteiger charge is -2.38. The van der Waals surface area contributed by atoms with Crippen LogP contribution in [0.2, 0.25) is 0 Å². The van der Waals surface area contributed by atoms with Gasteiger partial charge < -0.3 is 71.1 Å². The lowest BCUT2D eigenvalue weighted by molar-refractivity contribution is -0.920. The first-order valence-corrected chi connectivity index (χ1v) is 7.52. The van der Waals surface area contributed by atoms with Crippen LogP contribution in [0.5, 0.6) is 0 Å². The van der Waals surface area contributed by atoms with Crippen LogP contribution < -0.4 is 48.0 Å². The van der Waals surface area contributed by atoms with Crippen molar-refractivity contribution in [2.24, 2.45) is 0 Å². The summed E-state index contributed by atoms with van der Waals surface area (Å²) in [5.74, 6) is 0. The molecule has 0 bridgehead atoms. The zero-order valence-electron chi connectivity index (χ0n) is 13.4. The molecule has 0 amide bonds. The van der Waals surface area contributed by atoms with E-state index in [9.17, 15) is 0 Å². The summed E-state index contributed by atoms with van der Waals surface area (Å²) in [6.45, 7) is 12.0. The Morgan fingerprint density at radius 2 is 1.05 bits per heavy atom. The Bertz CT molecular complexity index is 245. The molecule has 0 radical (unpaired) electrons. The minimum Gasteiger partial charge on any atom is -1.00 e. The second-order valence-electron chi connectivity index (χ2n) is 6.42. The third-order valence-corrected chi connectivity index (χ3v) is 4.65. The Hall–Kier alpha value is 1.26. The predicted molar refractivity (Wildman–Crippen MR) is 74.0 cm³/mol. The van der Waals surface area contributed by atoms with Gasteiger partial charge in [-0.1, -0.05) is 0 Å². The van der Waals surface area contributed by atoms with Gasteiger partial charge in [-0.25, -0.2) is 0 Å². The maximum Gasteiger partial charge on any atom is 0.102 e. The highest BCUT2D eigenvalue weighted by atomic mass is 127. The van der Waals surface area contributed by atoms with E-state index in [2.05, 4.69) is 14.1 Å². The van der Waals surface area contributed by atoms with Crippen LogP contribution in [-0.2, 0) is 14.2 Å². The van der Waals surface area contributed by atoms with Gasteiger partial charge >= 0.3 is 0 Å². The molecule has 7 heteroatoms. The van der Waals surface area contributed by atoms with Crippen LogP contribution in [0.1, 0.15) is 0 Å². The van der Waals surface area contributed by atoms with E-state index in [1.54, 1.807) is 0 Å². The number of rotatable bonds is 6. The SMILES string of the molecule is C[N+]1(CCOCC[N+]2(C)CCOCC2)CCOCC1.[I-].[I-]. The fourth-order valence-corrected chi connectivity index (χ4v) is 2.69. The van der Waals surface area contributed by atoms with Gasteiger partial charge in [-0.2, -0.15) is 0 Å². The van der Waals surface area contributed by atoms with Gasteiger partial charge in [0.1, 0.15) is 39.3 Å². The van der Waals surface area contributed by atoms with Gasteiger partial charge in [0.05, 0.1) is 53.7 Å². The normalized spacial score (nSPS) is 23.7. The van der Waals surface area contributed by atoms with Crippen molar-refractivity contribution < 1.29 is 71.1 Å². The van der Waals surface area contributed by atoms with Crippen molar-refractivity contribution in [1.82, 2.24) is 0 Å². The van der Waals surface area contributed by atoms with Gasteiger partial charge in [0.15, 0.2) is 0 Å². The third-order valence-electron chi connectivity index (χ3n) is 4.65. The van der Waals surface area contributed by atoms with Gasteiger partial charge in [0.25, 0.3) is 0 Å².